The highest BCUT2D eigenvalue weighted by molar-refractivity contribution is 7.98. The maximum absolute atomic E-state index is 13.5. The number of aromatic nitrogens is 2. The second kappa shape index (κ2) is 9.52. The first-order chi connectivity index (χ1) is 12.4. The predicted molar refractivity (Wildman–Crippen MR) is 101 cm³/mol. The van der Waals surface area contributed by atoms with Crippen molar-refractivity contribution >= 4 is 17.7 Å². The number of halogens is 1. The first-order valence-corrected chi connectivity index (χ1v) is 9.64. The minimum absolute atomic E-state index is 0.00915. The summed E-state index contributed by atoms with van der Waals surface area (Å²) < 4.78 is 18.9. The van der Waals surface area contributed by atoms with Crippen molar-refractivity contribution in [3.05, 3.63) is 47.0 Å². The summed E-state index contributed by atoms with van der Waals surface area (Å²) in [5, 5.41) is 0.748. The SMILES string of the molecule is CSc1nc(C)c(CCC(=O)N(C)CCOc2ccccc2F)c(C)n1. The molecule has 0 unspecified atom stereocenters. The lowest BCUT2D eigenvalue weighted by Gasteiger charge is -2.18. The van der Waals surface area contributed by atoms with Crippen LogP contribution in [0.1, 0.15) is 23.4 Å². The Morgan fingerprint density at radius 3 is 2.50 bits per heavy atom. The van der Waals surface area contributed by atoms with Crippen LogP contribution in [-0.4, -0.2) is 47.2 Å². The van der Waals surface area contributed by atoms with Gasteiger partial charge in [0.05, 0.1) is 6.54 Å². The molecule has 140 valence electrons. The fraction of sp³-hybridized carbons (Fsp3) is 0.421. The molecule has 0 spiro atoms. The van der Waals surface area contributed by atoms with Gasteiger partial charge in [0.2, 0.25) is 5.91 Å². The monoisotopic (exact) mass is 377 g/mol. The molecule has 5 nitrogen and oxygen atoms in total. The highest BCUT2D eigenvalue weighted by atomic mass is 32.2. The molecule has 1 aromatic heterocycles. The van der Waals surface area contributed by atoms with E-state index in [1.165, 1.54) is 17.8 Å². The zero-order valence-electron chi connectivity index (χ0n) is 15.6. The summed E-state index contributed by atoms with van der Waals surface area (Å²) in [6, 6.07) is 6.24. The van der Waals surface area contributed by atoms with E-state index < -0.39 is 5.82 Å². The van der Waals surface area contributed by atoms with E-state index >= 15 is 0 Å². The second-order valence-corrected chi connectivity index (χ2v) is 6.73. The molecule has 2 rings (SSSR count). The van der Waals surface area contributed by atoms with Crippen LogP contribution in [0.4, 0.5) is 4.39 Å². The molecule has 1 amide bonds. The van der Waals surface area contributed by atoms with Crippen LogP contribution in [0, 0.1) is 19.7 Å². The van der Waals surface area contributed by atoms with E-state index in [1.807, 2.05) is 20.1 Å². The Bertz CT molecular complexity index is 747. The number of likely N-dealkylation sites (N-methyl/N-ethyl adjacent to an activating group) is 1. The summed E-state index contributed by atoms with van der Waals surface area (Å²) in [5.41, 5.74) is 2.85. The summed E-state index contributed by atoms with van der Waals surface area (Å²) >= 11 is 1.51. The van der Waals surface area contributed by atoms with E-state index in [4.69, 9.17) is 4.74 Å². The van der Waals surface area contributed by atoms with Crippen molar-refractivity contribution in [1.82, 2.24) is 14.9 Å². The molecule has 1 aromatic carbocycles. The number of ether oxygens (including phenoxy) is 1. The first-order valence-electron chi connectivity index (χ1n) is 8.41. The van der Waals surface area contributed by atoms with Crippen molar-refractivity contribution in [2.24, 2.45) is 0 Å². The van der Waals surface area contributed by atoms with E-state index in [9.17, 15) is 9.18 Å². The normalized spacial score (nSPS) is 10.7. The predicted octanol–water partition coefficient (Wildman–Crippen LogP) is 3.42. The molecular weight excluding hydrogens is 353 g/mol. The largest absolute Gasteiger partial charge is 0.489 e. The van der Waals surface area contributed by atoms with Gasteiger partial charge in [0.25, 0.3) is 0 Å². The van der Waals surface area contributed by atoms with Crippen LogP contribution in [0.3, 0.4) is 0 Å². The summed E-state index contributed by atoms with van der Waals surface area (Å²) in [5.74, 6) is -0.193. The van der Waals surface area contributed by atoms with Crippen LogP contribution in [0.5, 0.6) is 5.75 Å². The molecule has 0 saturated carbocycles. The first kappa shape index (κ1) is 20.2. The molecule has 0 bridgehead atoms. The molecule has 1 heterocycles. The highest BCUT2D eigenvalue weighted by Gasteiger charge is 2.13. The maximum Gasteiger partial charge on any atom is 0.222 e. The smallest absolute Gasteiger partial charge is 0.222 e. The third-order valence-corrected chi connectivity index (χ3v) is 4.67. The molecule has 0 aliphatic carbocycles. The third-order valence-electron chi connectivity index (χ3n) is 4.12. The van der Waals surface area contributed by atoms with Gasteiger partial charge in [-0.15, -0.1) is 0 Å². The van der Waals surface area contributed by atoms with E-state index in [-0.39, 0.29) is 18.3 Å². The number of para-hydroxylation sites is 1. The number of carbonyl (C=O) groups is 1. The number of benzene rings is 1. The Kier molecular flexibility index (Phi) is 7.38. The fourth-order valence-electron chi connectivity index (χ4n) is 2.56. The molecule has 26 heavy (non-hydrogen) atoms. The molecule has 0 fully saturated rings. The van der Waals surface area contributed by atoms with Crippen LogP contribution in [0.25, 0.3) is 0 Å². The van der Waals surface area contributed by atoms with Crippen LogP contribution < -0.4 is 4.74 Å². The van der Waals surface area contributed by atoms with E-state index in [1.54, 1.807) is 30.1 Å². The molecule has 2 aromatic rings. The minimum atomic E-state index is -0.402. The molecule has 7 heteroatoms. The van der Waals surface area contributed by atoms with Crippen LogP contribution in [0.2, 0.25) is 0 Å². The maximum atomic E-state index is 13.5. The average Bonchev–Trinajstić information content (AvgIpc) is 2.62. The van der Waals surface area contributed by atoms with Gasteiger partial charge in [-0.3, -0.25) is 4.79 Å². The van der Waals surface area contributed by atoms with Crippen molar-refractivity contribution < 1.29 is 13.9 Å². The fourth-order valence-corrected chi connectivity index (χ4v) is 3.02. The van der Waals surface area contributed by atoms with Gasteiger partial charge in [0.15, 0.2) is 16.7 Å². The Morgan fingerprint density at radius 2 is 1.88 bits per heavy atom. The molecule has 0 radical (unpaired) electrons. The number of rotatable bonds is 8. The molecule has 0 aliphatic rings. The lowest BCUT2D eigenvalue weighted by atomic mass is 10.1. The van der Waals surface area contributed by atoms with Gasteiger partial charge >= 0.3 is 0 Å². The number of thioether (sulfide) groups is 1. The summed E-state index contributed by atoms with van der Waals surface area (Å²) in [6.07, 6.45) is 2.92. The third kappa shape index (κ3) is 5.42. The lowest BCUT2D eigenvalue weighted by molar-refractivity contribution is -0.130. The summed E-state index contributed by atoms with van der Waals surface area (Å²) in [4.78, 5) is 22.8. The van der Waals surface area contributed by atoms with E-state index in [2.05, 4.69) is 9.97 Å². The molecular formula is C19H24FN3O2S. The minimum Gasteiger partial charge on any atom is -0.489 e. The van der Waals surface area contributed by atoms with E-state index in [0.29, 0.717) is 19.4 Å². The van der Waals surface area contributed by atoms with E-state index in [0.717, 1.165) is 22.1 Å². The van der Waals surface area contributed by atoms with Crippen molar-refractivity contribution in [3.63, 3.8) is 0 Å². The van der Waals surface area contributed by atoms with Crippen molar-refractivity contribution in [2.45, 2.75) is 31.8 Å². The molecule has 0 N–H and O–H groups in total. The van der Waals surface area contributed by atoms with Crippen LogP contribution in [0.15, 0.2) is 29.4 Å². The average molecular weight is 377 g/mol. The van der Waals surface area contributed by atoms with Gasteiger partial charge in [0.1, 0.15) is 6.61 Å². The number of amides is 1. The summed E-state index contributed by atoms with van der Waals surface area (Å²) in [6.45, 7) is 4.53. The van der Waals surface area contributed by atoms with Crippen molar-refractivity contribution in [1.29, 1.82) is 0 Å². The Balaban J connectivity index is 1.83. The van der Waals surface area contributed by atoms with Crippen LogP contribution in [-0.2, 0) is 11.2 Å². The molecule has 0 saturated heterocycles. The van der Waals surface area contributed by atoms with Crippen molar-refractivity contribution in [2.75, 3.05) is 26.5 Å². The molecule has 0 aliphatic heterocycles. The number of hydrogen-bond acceptors (Lipinski definition) is 5. The van der Waals surface area contributed by atoms with Gasteiger partial charge in [-0.1, -0.05) is 23.9 Å². The Labute approximate surface area is 158 Å². The summed E-state index contributed by atoms with van der Waals surface area (Å²) in [7, 11) is 1.72. The van der Waals surface area contributed by atoms with Gasteiger partial charge < -0.3 is 9.64 Å². The lowest BCUT2D eigenvalue weighted by Crippen LogP contribution is -2.31. The van der Waals surface area contributed by atoms with Gasteiger partial charge in [-0.2, -0.15) is 0 Å². The quantitative estimate of drug-likeness (QED) is 0.521. The molecule has 0 atom stereocenters. The highest BCUT2D eigenvalue weighted by Crippen LogP contribution is 2.18. The zero-order chi connectivity index (χ0) is 19.1. The zero-order valence-corrected chi connectivity index (χ0v) is 16.4. The second-order valence-electron chi connectivity index (χ2n) is 5.95. The van der Waals surface area contributed by atoms with Gasteiger partial charge in [-0.25, -0.2) is 14.4 Å². The standard InChI is InChI=1S/C19H24FN3O2S/c1-13-15(14(2)22-19(21-13)26-4)9-10-18(24)23(3)11-12-25-17-8-6-5-7-16(17)20/h5-8H,9-12H2,1-4H3. The van der Waals surface area contributed by atoms with Gasteiger partial charge in [0, 0.05) is 24.9 Å². The van der Waals surface area contributed by atoms with Crippen molar-refractivity contribution in [3.8, 4) is 5.75 Å². The van der Waals surface area contributed by atoms with Crippen LogP contribution >= 0.6 is 11.8 Å². The Hall–Kier alpha value is -2.15. The topological polar surface area (TPSA) is 55.3 Å². The Morgan fingerprint density at radius 1 is 1.23 bits per heavy atom. The number of hydrogen-bond donors (Lipinski definition) is 0. The number of aryl methyl sites for hydroxylation is 2. The van der Waals surface area contributed by atoms with Gasteiger partial charge in [-0.05, 0) is 44.2 Å². The number of carbonyl (C=O) groups excluding carboxylic acids is 1. The number of nitrogens with zero attached hydrogens (tertiary/aromatic N) is 3.